The predicted molar refractivity (Wildman–Crippen MR) is 69.3 cm³/mol. The first kappa shape index (κ1) is 12.7. The van der Waals surface area contributed by atoms with E-state index in [4.69, 9.17) is 9.15 Å². The minimum absolute atomic E-state index is 0.00620. The molecule has 0 saturated heterocycles. The first-order valence-electron chi connectivity index (χ1n) is 5.42. The van der Waals surface area contributed by atoms with Gasteiger partial charge in [0.15, 0.2) is 5.78 Å². The summed E-state index contributed by atoms with van der Waals surface area (Å²) in [6.45, 7) is 1.84. The van der Waals surface area contributed by atoms with Gasteiger partial charge in [-0.05, 0) is 19.1 Å². The molecular weight excluding hydrogens is 250 g/mol. The smallest absolute Gasteiger partial charge is 0.256 e. The summed E-state index contributed by atoms with van der Waals surface area (Å²) in [5.41, 5.74) is 1.39. The predicted octanol–water partition coefficient (Wildman–Crippen LogP) is 2.97. The third-order valence-electron chi connectivity index (χ3n) is 2.33. The van der Waals surface area contributed by atoms with E-state index in [0.29, 0.717) is 16.5 Å². The molecule has 0 atom stereocenters. The van der Waals surface area contributed by atoms with Crippen molar-refractivity contribution < 1.29 is 13.9 Å². The van der Waals surface area contributed by atoms with Gasteiger partial charge in [-0.15, -0.1) is 0 Å². The van der Waals surface area contributed by atoms with E-state index in [-0.39, 0.29) is 11.5 Å². The maximum absolute atomic E-state index is 12.0. The van der Waals surface area contributed by atoms with E-state index in [1.807, 2.05) is 19.1 Å². The van der Waals surface area contributed by atoms with Crippen molar-refractivity contribution in [3.05, 3.63) is 41.8 Å². The van der Waals surface area contributed by atoms with Crippen molar-refractivity contribution in [3.63, 3.8) is 0 Å². The molecule has 0 N–H and O–H groups in total. The Morgan fingerprint density at radius 2 is 2.22 bits per heavy atom. The third kappa shape index (κ3) is 2.92. The quantitative estimate of drug-likeness (QED) is 0.613. The van der Waals surface area contributed by atoms with Crippen LogP contribution in [0.5, 0.6) is 5.75 Å². The molecule has 0 bridgehead atoms. The van der Waals surface area contributed by atoms with Gasteiger partial charge in [0.25, 0.3) is 5.22 Å². The summed E-state index contributed by atoms with van der Waals surface area (Å²) in [7, 11) is 1.55. The van der Waals surface area contributed by atoms with Gasteiger partial charge in [0, 0.05) is 0 Å². The van der Waals surface area contributed by atoms with Gasteiger partial charge in [0.2, 0.25) is 0 Å². The highest BCUT2D eigenvalue weighted by Gasteiger charge is 2.13. The summed E-state index contributed by atoms with van der Waals surface area (Å²) >= 11 is 1.28. The van der Waals surface area contributed by atoms with Gasteiger partial charge >= 0.3 is 0 Å². The Morgan fingerprint density at radius 1 is 1.44 bits per heavy atom. The number of rotatable bonds is 5. The van der Waals surface area contributed by atoms with Crippen LogP contribution in [0, 0.1) is 6.92 Å². The molecule has 0 spiro atoms. The monoisotopic (exact) mass is 263 g/mol. The van der Waals surface area contributed by atoms with Gasteiger partial charge in [-0.2, -0.15) is 0 Å². The van der Waals surface area contributed by atoms with Crippen molar-refractivity contribution in [1.29, 1.82) is 0 Å². The zero-order valence-electron chi connectivity index (χ0n) is 10.2. The summed E-state index contributed by atoms with van der Waals surface area (Å²) in [4.78, 5) is 16.2. The molecule has 0 radical (unpaired) electrons. The molecule has 1 aromatic heterocycles. The van der Waals surface area contributed by atoms with E-state index in [9.17, 15) is 4.79 Å². The minimum Gasteiger partial charge on any atom is -0.496 e. The lowest BCUT2D eigenvalue weighted by Gasteiger charge is -2.05. The molecular formula is C13H13NO3S. The van der Waals surface area contributed by atoms with Crippen molar-refractivity contribution in [2.75, 3.05) is 12.9 Å². The normalized spacial score (nSPS) is 10.3. The van der Waals surface area contributed by atoms with Crippen LogP contribution in [0.15, 0.2) is 40.2 Å². The van der Waals surface area contributed by atoms with Crippen LogP contribution < -0.4 is 4.74 Å². The molecule has 1 aromatic carbocycles. The molecule has 0 aliphatic rings. The van der Waals surface area contributed by atoms with Gasteiger partial charge in [-0.25, -0.2) is 4.98 Å². The Bertz CT molecular complexity index is 551. The molecule has 5 heteroatoms. The summed E-state index contributed by atoms with van der Waals surface area (Å²) in [5.74, 6) is 0.861. The Kier molecular flexibility index (Phi) is 4.04. The van der Waals surface area contributed by atoms with E-state index in [1.54, 1.807) is 25.5 Å². The van der Waals surface area contributed by atoms with E-state index in [0.717, 1.165) is 5.69 Å². The molecule has 2 rings (SSSR count). The number of methoxy groups -OCH3 is 1. The van der Waals surface area contributed by atoms with Crippen molar-refractivity contribution >= 4 is 17.5 Å². The van der Waals surface area contributed by atoms with Gasteiger partial charge in [-0.3, -0.25) is 4.79 Å². The number of ether oxygens (including phenoxy) is 1. The lowest BCUT2D eigenvalue weighted by atomic mass is 10.1. The highest BCUT2D eigenvalue weighted by atomic mass is 32.2. The maximum atomic E-state index is 12.0. The summed E-state index contributed by atoms with van der Waals surface area (Å²) in [6.07, 6.45) is 1.57. The second-order valence-corrected chi connectivity index (χ2v) is 4.59. The molecule has 94 valence electrons. The Morgan fingerprint density at radius 3 is 2.89 bits per heavy atom. The number of para-hydroxylation sites is 1. The first-order valence-corrected chi connectivity index (χ1v) is 6.40. The van der Waals surface area contributed by atoms with Gasteiger partial charge in [-0.1, -0.05) is 23.9 Å². The molecule has 0 aliphatic carbocycles. The van der Waals surface area contributed by atoms with Crippen LogP contribution in [0.25, 0.3) is 0 Å². The molecule has 0 aliphatic heterocycles. The number of thioether (sulfide) groups is 1. The number of Topliss-reactive ketones (excluding diaryl/α,β-unsaturated/α-hetero) is 1. The van der Waals surface area contributed by atoms with E-state index in [2.05, 4.69) is 4.98 Å². The zero-order valence-corrected chi connectivity index (χ0v) is 11.0. The van der Waals surface area contributed by atoms with Crippen LogP contribution >= 0.6 is 11.8 Å². The fraction of sp³-hybridized carbons (Fsp3) is 0.231. The molecule has 0 unspecified atom stereocenters. The van der Waals surface area contributed by atoms with Crippen LogP contribution in [-0.2, 0) is 0 Å². The molecule has 4 nitrogen and oxygen atoms in total. The van der Waals surface area contributed by atoms with E-state index >= 15 is 0 Å². The van der Waals surface area contributed by atoms with Crippen LogP contribution in [-0.4, -0.2) is 23.6 Å². The molecule has 0 amide bonds. The van der Waals surface area contributed by atoms with Gasteiger partial charge in [0.05, 0.1) is 24.1 Å². The molecule has 1 heterocycles. The van der Waals surface area contributed by atoms with Gasteiger partial charge in [0.1, 0.15) is 12.0 Å². The number of hydrogen-bond acceptors (Lipinski definition) is 5. The number of benzene rings is 1. The summed E-state index contributed by atoms with van der Waals surface area (Å²) in [6, 6.07) is 7.17. The molecule has 2 aromatic rings. The second-order valence-electron chi connectivity index (χ2n) is 3.67. The fourth-order valence-corrected chi connectivity index (χ4v) is 2.21. The highest BCUT2D eigenvalue weighted by molar-refractivity contribution is 7.99. The standard InChI is InChI=1S/C13H13NO3S/c1-9-7-17-13(14-9)18-8-11(15)10-5-3-4-6-12(10)16-2/h3-7H,8H2,1-2H3. The number of carbonyl (C=O) groups excluding carboxylic acids is 1. The van der Waals surface area contributed by atoms with Crippen LogP contribution in [0.4, 0.5) is 0 Å². The van der Waals surface area contributed by atoms with E-state index in [1.165, 1.54) is 11.8 Å². The van der Waals surface area contributed by atoms with Crippen molar-refractivity contribution in [1.82, 2.24) is 4.98 Å². The maximum Gasteiger partial charge on any atom is 0.256 e. The molecule has 0 saturated carbocycles. The Labute approximate surface area is 109 Å². The number of nitrogens with zero attached hydrogens (tertiary/aromatic N) is 1. The topological polar surface area (TPSA) is 52.3 Å². The first-order chi connectivity index (χ1) is 8.70. The summed E-state index contributed by atoms with van der Waals surface area (Å²) < 4.78 is 10.3. The van der Waals surface area contributed by atoms with Gasteiger partial charge < -0.3 is 9.15 Å². The fourth-order valence-electron chi connectivity index (χ4n) is 1.48. The second kappa shape index (κ2) is 5.73. The van der Waals surface area contributed by atoms with Crippen molar-refractivity contribution in [2.24, 2.45) is 0 Å². The largest absolute Gasteiger partial charge is 0.496 e. The third-order valence-corrected chi connectivity index (χ3v) is 3.17. The lowest BCUT2D eigenvalue weighted by Crippen LogP contribution is -2.04. The average molecular weight is 263 g/mol. The SMILES string of the molecule is COc1ccccc1C(=O)CSc1nc(C)co1. The minimum atomic E-state index is -0.00620. The van der Waals surface area contributed by atoms with Crippen LogP contribution in [0.2, 0.25) is 0 Å². The number of aromatic nitrogens is 1. The number of aryl methyl sites for hydroxylation is 1. The average Bonchev–Trinajstić information content (AvgIpc) is 2.81. The van der Waals surface area contributed by atoms with Crippen molar-refractivity contribution in [2.45, 2.75) is 12.1 Å². The van der Waals surface area contributed by atoms with E-state index < -0.39 is 0 Å². The number of hydrogen-bond donors (Lipinski definition) is 0. The number of oxazole rings is 1. The van der Waals surface area contributed by atoms with Crippen molar-refractivity contribution in [3.8, 4) is 5.75 Å². The van der Waals surface area contributed by atoms with Crippen LogP contribution in [0.1, 0.15) is 16.1 Å². The Balaban J connectivity index is 2.03. The lowest BCUT2D eigenvalue weighted by molar-refractivity contribution is 0.101. The zero-order chi connectivity index (χ0) is 13.0. The molecule has 18 heavy (non-hydrogen) atoms. The van der Waals surface area contributed by atoms with Crippen LogP contribution in [0.3, 0.4) is 0 Å². The highest BCUT2D eigenvalue weighted by Crippen LogP contribution is 2.22. The Hall–Kier alpha value is -1.75. The number of carbonyl (C=O) groups is 1. The summed E-state index contributed by atoms with van der Waals surface area (Å²) in [5, 5.41) is 0.510. The number of ketones is 1. The molecule has 0 fully saturated rings.